The predicted octanol–water partition coefficient (Wildman–Crippen LogP) is 3.43. The molecule has 0 N–H and O–H groups in total. The number of carbonyl (C=O) groups is 2. The number of piperidine rings is 2. The van der Waals surface area contributed by atoms with Gasteiger partial charge in [-0.25, -0.2) is 4.98 Å². The molecule has 0 atom stereocenters. The third-order valence-corrected chi connectivity index (χ3v) is 6.12. The highest BCUT2D eigenvalue weighted by atomic mass is 16.3. The number of aromatic nitrogens is 1. The Hall–Kier alpha value is -2.37. The van der Waals surface area contributed by atoms with Crippen LogP contribution in [0.4, 0.5) is 0 Å². The van der Waals surface area contributed by atoms with Crippen LogP contribution in [0, 0.1) is 11.8 Å². The van der Waals surface area contributed by atoms with Gasteiger partial charge in [-0.3, -0.25) is 9.59 Å². The second kappa shape index (κ2) is 7.94. The lowest BCUT2D eigenvalue weighted by molar-refractivity contribution is -0.142. The number of hydrogen-bond acceptors (Lipinski definition) is 4. The minimum absolute atomic E-state index is 0.0261. The van der Waals surface area contributed by atoms with Crippen LogP contribution in [0.1, 0.15) is 51.3 Å². The standard InChI is InChI=1S/C22H29N3O3/c1-15(2)21(26)24-13-9-17(10-14-24)22(27)25-11-7-16(8-12-25)20-23-18-5-3-4-6-19(18)28-20/h3-6,15-17H,7-14H2,1-2H3. The third-order valence-electron chi connectivity index (χ3n) is 6.12. The fraction of sp³-hybridized carbons (Fsp3) is 0.591. The molecule has 0 aliphatic carbocycles. The molecular formula is C22H29N3O3. The summed E-state index contributed by atoms with van der Waals surface area (Å²) in [4.78, 5) is 33.6. The van der Waals surface area contributed by atoms with Gasteiger partial charge in [0.25, 0.3) is 0 Å². The van der Waals surface area contributed by atoms with Crippen molar-refractivity contribution >= 4 is 22.9 Å². The van der Waals surface area contributed by atoms with Crippen molar-refractivity contribution in [1.29, 1.82) is 0 Å². The summed E-state index contributed by atoms with van der Waals surface area (Å²) in [5, 5.41) is 0. The van der Waals surface area contributed by atoms with Crippen LogP contribution in [-0.4, -0.2) is 52.8 Å². The highest BCUT2D eigenvalue weighted by Gasteiger charge is 2.33. The Balaban J connectivity index is 1.30. The molecule has 2 aromatic rings. The van der Waals surface area contributed by atoms with E-state index in [0.29, 0.717) is 13.1 Å². The molecule has 0 bridgehead atoms. The van der Waals surface area contributed by atoms with Crippen molar-refractivity contribution in [2.45, 2.75) is 45.4 Å². The molecule has 0 spiro atoms. The number of oxazole rings is 1. The lowest BCUT2D eigenvalue weighted by atomic mass is 9.91. The first-order valence-electron chi connectivity index (χ1n) is 10.5. The van der Waals surface area contributed by atoms with Gasteiger partial charge in [-0.15, -0.1) is 0 Å². The van der Waals surface area contributed by atoms with E-state index in [9.17, 15) is 9.59 Å². The number of likely N-dealkylation sites (tertiary alicyclic amines) is 2. The van der Waals surface area contributed by atoms with Gasteiger partial charge in [0.15, 0.2) is 11.5 Å². The summed E-state index contributed by atoms with van der Waals surface area (Å²) >= 11 is 0. The second-order valence-corrected chi connectivity index (χ2v) is 8.37. The van der Waals surface area contributed by atoms with Crippen LogP contribution in [-0.2, 0) is 9.59 Å². The maximum absolute atomic E-state index is 12.9. The summed E-state index contributed by atoms with van der Waals surface area (Å²) in [6, 6.07) is 7.84. The van der Waals surface area contributed by atoms with Crippen molar-refractivity contribution in [3.8, 4) is 0 Å². The Labute approximate surface area is 165 Å². The molecule has 150 valence electrons. The highest BCUT2D eigenvalue weighted by molar-refractivity contribution is 5.81. The summed E-state index contributed by atoms with van der Waals surface area (Å²) < 4.78 is 5.92. The number of hydrogen-bond donors (Lipinski definition) is 0. The van der Waals surface area contributed by atoms with E-state index in [1.807, 2.05) is 47.9 Å². The number of carbonyl (C=O) groups excluding carboxylic acids is 2. The van der Waals surface area contributed by atoms with E-state index in [-0.39, 0.29) is 29.6 Å². The summed E-state index contributed by atoms with van der Waals surface area (Å²) in [5.41, 5.74) is 1.73. The van der Waals surface area contributed by atoms with Crippen molar-refractivity contribution in [3.63, 3.8) is 0 Å². The van der Waals surface area contributed by atoms with Crippen LogP contribution in [0.15, 0.2) is 28.7 Å². The van der Waals surface area contributed by atoms with Gasteiger partial charge >= 0.3 is 0 Å². The molecule has 6 heteroatoms. The Bertz CT molecular complexity index is 811. The summed E-state index contributed by atoms with van der Waals surface area (Å²) in [6.45, 7) is 6.78. The van der Waals surface area contributed by atoms with Crippen LogP contribution >= 0.6 is 0 Å². The van der Waals surface area contributed by atoms with E-state index in [0.717, 1.165) is 55.8 Å². The Kier molecular flexibility index (Phi) is 5.38. The zero-order valence-electron chi connectivity index (χ0n) is 16.8. The van der Waals surface area contributed by atoms with E-state index in [1.165, 1.54) is 0 Å². The van der Waals surface area contributed by atoms with Crippen molar-refractivity contribution in [1.82, 2.24) is 14.8 Å². The largest absolute Gasteiger partial charge is 0.440 e. The first-order chi connectivity index (χ1) is 13.5. The molecule has 0 radical (unpaired) electrons. The van der Waals surface area contributed by atoms with Crippen molar-refractivity contribution in [2.75, 3.05) is 26.2 Å². The zero-order valence-corrected chi connectivity index (χ0v) is 16.8. The van der Waals surface area contributed by atoms with Gasteiger partial charge in [0.05, 0.1) is 0 Å². The minimum atomic E-state index is 0.0261. The Morgan fingerprint density at radius 1 is 1.00 bits per heavy atom. The SMILES string of the molecule is CC(C)C(=O)N1CCC(C(=O)N2CCC(c3nc4ccccc4o3)CC2)CC1. The molecule has 2 aliphatic rings. The van der Waals surface area contributed by atoms with Crippen LogP contribution in [0.5, 0.6) is 0 Å². The smallest absolute Gasteiger partial charge is 0.225 e. The molecule has 2 amide bonds. The van der Waals surface area contributed by atoms with Crippen molar-refractivity contribution in [3.05, 3.63) is 30.2 Å². The maximum atomic E-state index is 12.9. The molecule has 2 aliphatic heterocycles. The van der Waals surface area contributed by atoms with Gasteiger partial charge in [-0.2, -0.15) is 0 Å². The lowest BCUT2D eigenvalue weighted by Crippen LogP contribution is -2.47. The first-order valence-corrected chi connectivity index (χ1v) is 10.5. The zero-order chi connectivity index (χ0) is 19.7. The van der Waals surface area contributed by atoms with Gasteiger partial charge in [-0.1, -0.05) is 26.0 Å². The van der Waals surface area contributed by atoms with E-state index in [2.05, 4.69) is 4.98 Å². The van der Waals surface area contributed by atoms with Crippen LogP contribution in [0.2, 0.25) is 0 Å². The van der Waals surface area contributed by atoms with E-state index >= 15 is 0 Å². The number of para-hydroxylation sites is 2. The third kappa shape index (κ3) is 3.77. The van der Waals surface area contributed by atoms with Gasteiger partial charge in [0.2, 0.25) is 11.8 Å². The molecule has 6 nitrogen and oxygen atoms in total. The van der Waals surface area contributed by atoms with E-state index in [4.69, 9.17) is 4.42 Å². The molecule has 2 fully saturated rings. The summed E-state index contributed by atoms with van der Waals surface area (Å²) in [7, 11) is 0. The molecule has 1 aromatic carbocycles. The molecule has 3 heterocycles. The summed E-state index contributed by atoms with van der Waals surface area (Å²) in [5.74, 6) is 1.61. The maximum Gasteiger partial charge on any atom is 0.225 e. The fourth-order valence-corrected chi connectivity index (χ4v) is 4.38. The van der Waals surface area contributed by atoms with Gasteiger partial charge in [0.1, 0.15) is 5.52 Å². The van der Waals surface area contributed by atoms with Crippen LogP contribution in [0.25, 0.3) is 11.1 Å². The van der Waals surface area contributed by atoms with E-state index < -0.39 is 0 Å². The van der Waals surface area contributed by atoms with Crippen LogP contribution < -0.4 is 0 Å². The topological polar surface area (TPSA) is 66.7 Å². The first kappa shape index (κ1) is 19.0. The van der Waals surface area contributed by atoms with E-state index in [1.54, 1.807) is 0 Å². The molecule has 0 unspecified atom stereocenters. The second-order valence-electron chi connectivity index (χ2n) is 8.37. The monoisotopic (exact) mass is 383 g/mol. The number of nitrogens with zero attached hydrogens (tertiary/aromatic N) is 3. The number of rotatable bonds is 3. The lowest BCUT2D eigenvalue weighted by Gasteiger charge is -2.37. The Morgan fingerprint density at radius 3 is 2.29 bits per heavy atom. The van der Waals surface area contributed by atoms with Gasteiger partial charge in [0, 0.05) is 43.9 Å². The summed E-state index contributed by atoms with van der Waals surface area (Å²) in [6.07, 6.45) is 3.34. The quantitative estimate of drug-likeness (QED) is 0.814. The van der Waals surface area contributed by atoms with Crippen LogP contribution in [0.3, 0.4) is 0 Å². The van der Waals surface area contributed by atoms with Gasteiger partial charge in [-0.05, 0) is 37.8 Å². The molecular weight excluding hydrogens is 354 g/mol. The average Bonchev–Trinajstić information content (AvgIpc) is 3.17. The average molecular weight is 383 g/mol. The van der Waals surface area contributed by atoms with Crippen molar-refractivity contribution in [2.24, 2.45) is 11.8 Å². The molecule has 0 saturated carbocycles. The molecule has 4 rings (SSSR count). The molecule has 28 heavy (non-hydrogen) atoms. The number of benzene rings is 1. The predicted molar refractivity (Wildman–Crippen MR) is 107 cm³/mol. The molecule has 2 saturated heterocycles. The normalized spacial score (nSPS) is 19.5. The molecule has 1 aromatic heterocycles. The number of fused-ring (bicyclic) bond motifs is 1. The Morgan fingerprint density at radius 2 is 1.64 bits per heavy atom. The van der Waals surface area contributed by atoms with Gasteiger partial charge < -0.3 is 14.2 Å². The number of amides is 2. The highest BCUT2D eigenvalue weighted by Crippen LogP contribution is 2.31. The fourth-order valence-electron chi connectivity index (χ4n) is 4.38. The van der Waals surface area contributed by atoms with Crippen molar-refractivity contribution < 1.29 is 14.0 Å². The minimum Gasteiger partial charge on any atom is -0.440 e.